The molecule has 0 aliphatic heterocycles. The highest BCUT2D eigenvalue weighted by Gasteiger charge is 2.29. The summed E-state index contributed by atoms with van der Waals surface area (Å²) >= 11 is 0. The fraction of sp³-hybridized carbons (Fsp3) is 0.889. The number of alkyl halides is 1. The minimum Gasteiger partial charge on any atom is -0.313 e. The Labute approximate surface area is 68.5 Å². The number of hydrogen-bond donors (Lipinski definition) is 1. The molecule has 0 heterocycles. The Balaban J connectivity index is 4.10. The molecule has 66 valence electrons. The van der Waals surface area contributed by atoms with E-state index in [0.717, 1.165) is 6.42 Å². The van der Waals surface area contributed by atoms with Crippen LogP contribution in [0.15, 0.2) is 0 Å². The molecule has 0 rings (SSSR count). The van der Waals surface area contributed by atoms with Crippen LogP contribution in [-0.2, 0) is 0 Å². The van der Waals surface area contributed by atoms with Gasteiger partial charge in [0.05, 0.1) is 0 Å². The number of halogens is 1. The van der Waals surface area contributed by atoms with Gasteiger partial charge in [0.15, 0.2) is 0 Å². The highest BCUT2D eigenvalue weighted by Crippen LogP contribution is 2.30. The lowest BCUT2D eigenvalue weighted by molar-refractivity contribution is 0.0985. The van der Waals surface area contributed by atoms with E-state index in [2.05, 4.69) is 0 Å². The molecule has 11 heavy (non-hydrogen) atoms. The first kappa shape index (κ1) is 10.6. The standard InChI is InChI=1S/C9H18FN/c1-4-8(6-7-11)9(3,10)5-2/h7-8,11H,4-6H2,1-3H3. The van der Waals surface area contributed by atoms with Crippen LogP contribution in [0.1, 0.15) is 40.0 Å². The molecule has 0 saturated heterocycles. The maximum Gasteiger partial charge on any atom is 0.111 e. The lowest BCUT2D eigenvalue weighted by atomic mass is 9.84. The molecule has 2 unspecified atom stereocenters. The van der Waals surface area contributed by atoms with Gasteiger partial charge in [0, 0.05) is 0 Å². The third kappa shape index (κ3) is 3.00. The normalized spacial score (nSPS) is 18.9. The molecule has 0 bridgehead atoms. The second kappa shape index (κ2) is 4.47. The predicted molar refractivity (Wildman–Crippen MR) is 47.0 cm³/mol. The Bertz CT molecular complexity index is 121. The van der Waals surface area contributed by atoms with Crippen molar-refractivity contribution in [3.8, 4) is 0 Å². The Morgan fingerprint density at radius 1 is 1.55 bits per heavy atom. The molecule has 0 amide bonds. The zero-order valence-corrected chi connectivity index (χ0v) is 7.65. The first-order valence-electron chi connectivity index (χ1n) is 4.26. The molecule has 0 aromatic carbocycles. The fourth-order valence-corrected chi connectivity index (χ4v) is 1.27. The van der Waals surface area contributed by atoms with Gasteiger partial charge in [0.1, 0.15) is 5.67 Å². The molecule has 1 N–H and O–H groups in total. The van der Waals surface area contributed by atoms with Crippen molar-refractivity contribution in [2.45, 2.75) is 45.7 Å². The van der Waals surface area contributed by atoms with Gasteiger partial charge in [-0.1, -0.05) is 13.8 Å². The Morgan fingerprint density at radius 3 is 2.36 bits per heavy atom. The third-order valence-corrected chi connectivity index (χ3v) is 2.44. The molecular weight excluding hydrogens is 141 g/mol. The minimum absolute atomic E-state index is 0.0185. The summed E-state index contributed by atoms with van der Waals surface area (Å²) in [5, 5.41) is 6.90. The van der Waals surface area contributed by atoms with Gasteiger partial charge >= 0.3 is 0 Å². The van der Waals surface area contributed by atoms with E-state index in [1.165, 1.54) is 6.21 Å². The zero-order chi connectivity index (χ0) is 8.91. The van der Waals surface area contributed by atoms with Crippen LogP contribution in [-0.4, -0.2) is 11.9 Å². The summed E-state index contributed by atoms with van der Waals surface area (Å²) < 4.78 is 13.6. The van der Waals surface area contributed by atoms with Crippen molar-refractivity contribution in [2.75, 3.05) is 0 Å². The monoisotopic (exact) mass is 159 g/mol. The molecule has 0 aromatic rings. The van der Waals surface area contributed by atoms with Gasteiger partial charge < -0.3 is 5.41 Å². The van der Waals surface area contributed by atoms with E-state index in [0.29, 0.717) is 12.8 Å². The van der Waals surface area contributed by atoms with Crippen LogP contribution < -0.4 is 0 Å². The van der Waals surface area contributed by atoms with Gasteiger partial charge in [-0.3, -0.25) is 0 Å². The summed E-state index contributed by atoms with van der Waals surface area (Å²) in [4.78, 5) is 0. The maximum absolute atomic E-state index is 13.6. The van der Waals surface area contributed by atoms with Crippen LogP contribution in [0, 0.1) is 11.3 Å². The lowest BCUT2D eigenvalue weighted by Gasteiger charge is -2.27. The SMILES string of the molecule is CCC(CC=N)C(C)(F)CC. The van der Waals surface area contributed by atoms with Gasteiger partial charge in [-0.2, -0.15) is 0 Å². The fourth-order valence-electron chi connectivity index (χ4n) is 1.27. The van der Waals surface area contributed by atoms with E-state index in [-0.39, 0.29) is 5.92 Å². The second-order valence-corrected chi connectivity index (χ2v) is 3.18. The molecule has 1 nitrogen and oxygen atoms in total. The maximum atomic E-state index is 13.6. The summed E-state index contributed by atoms with van der Waals surface area (Å²) in [7, 11) is 0. The molecular formula is C9H18FN. The summed E-state index contributed by atoms with van der Waals surface area (Å²) in [5.41, 5.74) is -1.09. The van der Waals surface area contributed by atoms with Crippen LogP contribution in [0.25, 0.3) is 0 Å². The van der Waals surface area contributed by atoms with E-state index >= 15 is 0 Å². The van der Waals surface area contributed by atoms with E-state index in [1.54, 1.807) is 6.92 Å². The van der Waals surface area contributed by atoms with Crippen LogP contribution in [0.4, 0.5) is 4.39 Å². The van der Waals surface area contributed by atoms with Gasteiger partial charge in [-0.15, -0.1) is 0 Å². The summed E-state index contributed by atoms with van der Waals surface area (Å²) in [5.74, 6) is 0.0185. The van der Waals surface area contributed by atoms with E-state index in [4.69, 9.17) is 5.41 Å². The number of nitrogens with one attached hydrogen (secondary N) is 1. The molecule has 0 fully saturated rings. The molecule has 0 spiro atoms. The molecule has 0 aromatic heterocycles. The van der Waals surface area contributed by atoms with Crippen molar-refractivity contribution in [3.63, 3.8) is 0 Å². The van der Waals surface area contributed by atoms with Crippen LogP contribution >= 0.6 is 0 Å². The smallest absolute Gasteiger partial charge is 0.111 e. The molecule has 2 heteroatoms. The van der Waals surface area contributed by atoms with E-state index in [1.807, 2.05) is 13.8 Å². The average molecular weight is 159 g/mol. The topological polar surface area (TPSA) is 23.9 Å². The summed E-state index contributed by atoms with van der Waals surface area (Å²) in [6.45, 7) is 5.46. The van der Waals surface area contributed by atoms with Crippen molar-refractivity contribution in [1.82, 2.24) is 0 Å². The van der Waals surface area contributed by atoms with Gasteiger partial charge in [-0.05, 0) is 38.3 Å². The van der Waals surface area contributed by atoms with Crippen LogP contribution in [0.2, 0.25) is 0 Å². The molecule has 0 radical (unpaired) electrons. The average Bonchev–Trinajstić information content (AvgIpc) is 2.00. The summed E-state index contributed by atoms with van der Waals surface area (Å²) in [6.07, 6.45) is 3.23. The number of rotatable bonds is 5. The predicted octanol–water partition coefficient (Wildman–Crippen LogP) is 3.19. The van der Waals surface area contributed by atoms with Crippen molar-refractivity contribution in [1.29, 1.82) is 5.41 Å². The largest absolute Gasteiger partial charge is 0.313 e. The van der Waals surface area contributed by atoms with E-state index in [9.17, 15) is 4.39 Å². The lowest BCUT2D eigenvalue weighted by Crippen LogP contribution is -2.28. The van der Waals surface area contributed by atoms with Gasteiger partial charge in [-0.25, -0.2) is 4.39 Å². The van der Waals surface area contributed by atoms with Crippen molar-refractivity contribution < 1.29 is 4.39 Å². The third-order valence-electron chi connectivity index (χ3n) is 2.44. The molecule has 0 saturated carbocycles. The second-order valence-electron chi connectivity index (χ2n) is 3.18. The Hall–Kier alpha value is -0.400. The first-order chi connectivity index (χ1) is 5.08. The zero-order valence-electron chi connectivity index (χ0n) is 7.65. The van der Waals surface area contributed by atoms with Crippen LogP contribution in [0.5, 0.6) is 0 Å². The highest BCUT2D eigenvalue weighted by molar-refractivity contribution is 5.53. The molecule has 0 aliphatic rings. The minimum atomic E-state index is -1.09. The van der Waals surface area contributed by atoms with Crippen molar-refractivity contribution in [2.24, 2.45) is 5.92 Å². The highest BCUT2D eigenvalue weighted by atomic mass is 19.1. The quantitative estimate of drug-likeness (QED) is 0.596. The van der Waals surface area contributed by atoms with Gasteiger partial charge in [0.25, 0.3) is 0 Å². The molecule has 2 atom stereocenters. The molecule has 0 aliphatic carbocycles. The summed E-state index contributed by atoms with van der Waals surface area (Å²) in [6, 6.07) is 0. The number of hydrogen-bond acceptors (Lipinski definition) is 1. The Morgan fingerprint density at radius 2 is 2.09 bits per heavy atom. The van der Waals surface area contributed by atoms with E-state index < -0.39 is 5.67 Å². The van der Waals surface area contributed by atoms with Gasteiger partial charge in [0.2, 0.25) is 0 Å². The van der Waals surface area contributed by atoms with Crippen molar-refractivity contribution in [3.05, 3.63) is 0 Å². The Kier molecular flexibility index (Phi) is 4.31. The van der Waals surface area contributed by atoms with Crippen LogP contribution in [0.3, 0.4) is 0 Å². The van der Waals surface area contributed by atoms with Crippen molar-refractivity contribution >= 4 is 6.21 Å². The first-order valence-corrected chi connectivity index (χ1v) is 4.26.